The van der Waals surface area contributed by atoms with E-state index in [1.807, 2.05) is 54.5 Å². The molecule has 30 heavy (non-hydrogen) atoms. The monoisotopic (exact) mass is 427 g/mol. The predicted molar refractivity (Wildman–Crippen MR) is 124 cm³/mol. The molecule has 0 saturated heterocycles. The molecule has 3 N–H and O–H groups in total. The fraction of sp³-hybridized carbons (Fsp3) is 0.409. The zero-order valence-corrected chi connectivity index (χ0v) is 18.5. The minimum absolute atomic E-state index is 0.215. The molecule has 0 amide bonds. The Kier molecular flexibility index (Phi) is 7.10. The van der Waals surface area contributed by atoms with Crippen LogP contribution in [0.15, 0.2) is 45.3 Å². The van der Waals surface area contributed by atoms with Gasteiger partial charge in [0.25, 0.3) is 5.56 Å². The molecule has 7 nitrogen and oxygen atoms in total. The number of thiazole rings is 1. The number of hydrogen-bond acceptors (Lipinski definition) is 6. The molecule has 0 unspecified atom stereocenters. The third kappa shape index (κ3) is 4.99. The van der Waals surface area contributed by atoms with Crippen LogP contribution in [0.3, 0.4) is 0 Å². The number of nitrogens with two attached hydrogens (primary N) is 1. The zero-order chi connectivity index (χ0) is 21.7. The number of nitrogen functional groups attached to an aromatic ring is 1. The van der Waals surface area contributed by atoms with Crippen LogP contribution in [0.25, 0.3) is 10.6 Å². The summed E-state index contributed by atoms with van der Waals surface area (Å²) in [6, 6.07) is 10.0. The van der Waals surface area contributed by atoms with Crippen LogP contribution in [0, 0.1) is 5.92 Å². The summed E-state index contributed by atoms with van der Waals surface area (Å²) in [5.74, 6) is 0.437. The number of benzene rings is 1. The number of rotatable bonds is 9. The second-order valence-corrected chi connectivity index (χ2v) is 8.64. The van der Waals surface area contributed by atoms with Crippen molar-refractivity contribution in [2.45, 2.75) is 46.7 Å². The van der Waals surface area contributed by atoms with Crippen LogP contribution in [0.5, 0.6) is 0 Å². The summed E-state index contributed by atoms with van der Waals surface area (Å²) in [6.07, 6.45) is 1.88. The molecule has 0 radical (unpaired) electrons. The summed E-state index contributed by atoms with van der Waals surface area (Å²) in [7, 11) is 0. The molecule has 3 rings (SSSR count). The number of H-pyrrole nitrogens is 1. The minimum Gasteiger partial charge on any atom is -0.383 e. The topological polar surface area (TPSA) is 97.0 Å². The highest BCUT2D eigenvalue weighted by Gasteiger charge is 2.20. The van der Waals surface area contributed by atoms with Crippen molar-refractivity contribution in [2.75, 3.05) is 17.2 Å². The molecule has 0 atom stereocenters. The summed E-state index contributed by atoms with van der Waals surface area (Å²) >= 11 is 1.58. The van der Waals surface area contributed by atoms with Gasteiger partial charge in [0.15, 0.2) is 0 Å². The van der Waals surface area contributed by atoms with Crippen LogP contribution in [0.2, 0.25) is 0 Å². The summed E-state index contributed by atoms with van der Waals surface area (Å²) in [5, 5.41) is 2.95. The molecule has 0 aliphatic carbocycles. The Balaban J connectivity index is 1.96. The maximum absolute atomic E-state index is 12.7. The molecule has 2 aromatic heterocycles. The van der Waals surface area contributed by atoms with E-state index >= 15 is 0 Å². The van der Waals surface area contributed by atoms with E-state index < -0.39 is 11.2 Å². The normalized spacial score (nSPS) is 11.2. The molecule has 3 aromatic rings. The zero-order valence-electron chi connectivity index (χ0n) is 17.7. The van der Waals surface area contributed by atoms with Crippen molar-refractivity contribution in [1.82, 2.24) is 14.5 Å². The first kappa shape index (κ1) is 21.8. The van der Waals surface area contributed by atoms with Gasteiger partial charge in [-0.05, 0) is 12.3 Å². The standard InChI is InChI=1S/C22H29N5O2S/c1-4-5-11-26(13-17-14-30-21(24-17)16-9-7-6-8-10-16)18-19(23)27(12-15(2)3)22(29)25-20(18)28/h6-10,14-15H,4-5,11-13,23H2,1-3H3,(H,25,28,29). The van der Waals surface area contributed by atoms with Gasteiger partial charge in [-0.2, -0.15) is 0 Å². The van der Waals surface area contributed by atoms with Crippen LogP contribution in [-0.4, -0.2) is 21.1 Å². The highest BCUT2D eigenvalue weighted by molar-refractivity contribution is 7.13. The first-order valence-electron chi connectivity index (χ1n) is 10.3. The largest absolute Gasteiger partial charge is 0.383 e. The van der Waals surface area contributed by atoms with Crippen molar-refractivity contribution in [3.05, 3.63) is 62.2 Å². The molecular formula is C22H29N5O2S. The molecule has 0 spiro atoms. The van der Waals surface area contributed by atoms with Gasteiger partial charge in [0.05, 0.1) is 12.2 Å². The molecular weight excluding hydrogens is 398 g/mol. The molecule has 2 heterocycles. The Hall–Kier alpha value is -2.87. The van der Waals surface area contributed by atoms with Gasteiger partial charge >= 0.3 is 5.69 Å². The number of aromatic nitrogens is 3. The van der Waals surface area contributed by atoms with E-state index in [9.17, 15) is 9.59 Å². The van der Waals surface area contributed by atoms with Gasteiger partial charge in [-0.25, -0.2) is 9.78 Å². The van der Waals surface area contributed by atoms with Gasteiger partial charge in [-0.1, -0.05) is 57.5 Å². The van der Waals surface area contributed by atoms with Crippen LogP contribution in [-0.2, 0) is 13.1 Å². The molecule has 0 fully saturated rings. The highest BCUT2D eigenvalue weighted by atomic mass is 32.1. The van der Waals surface area contributed by atoms with E-state index in [1.165, 1.54) is 4.57 Å². The number of anilines is 2. The lowest BCUT2D eigenvalue weighted by atomic mass is 10.2. The lowest BCUT2D eigenvalue weighted by molar-refractivity contribution is 0.506. The molecule has 0 saturated carbocycles. The van der Waals surface area contributed by atoms with Gasteiger partial charge in [-0.3, -0.25) is 14.3 Å². The number of hydrogen-bond donors (Lipinski definition) is 2. The van der Waals surface area contributed by atoms with Crippen LogP contribution in [0.1, 0.15) is 39.3 Å². The third-order valence-corrected chi connectivity index (χ3v) is 5.73. The Morgan fingerprint density at radius 2 is 1.97 bits per heavy atom. The Labute approximate surface area is 180 Å². The van der Waals surface area contributed by atoms with Crippen LogP contribution in [0.4, 0.5) is 11.5 Å². The van der Waals surface area contributed by atoms with E-state index in [0.717, 1.165) is 29.1 Å². The van der Waals surface area contributed by atoms with Gasteiger partial charge in [0, 0.05) is 24.0 Å². The van der Waals surface area contributed by atoms with Crippen molar-refractivity contribution in [2.24, 2.45) is 5.92 Å². The van der Waals surface area contributed by atoms with Crippen molar-refractivity contribution in [1.29, 1.82) is 0 Å². The Morgan fingerprint density at radius 1 is 1.23 bits per heavy atom. The van der Waals surface area contributed by atoms with E-state index in [1.54, 1.807) is 11.3 Å². The fourth-order valence-electron chi connectivity index (χ4n) is 3.34. The van der Waals surface area contributed by atoms with Gasteiger partial charge in [0.2, 0.25) is 0 Å². The van der Waals surface area contributed by atoms with E-state index in [-0.39, 0.29) is 11.7 Å². The first-order valence-corrected chi connectivity index (χ1v) is 11.2. The van der Waals surface area contributed by atoms with Crippen LogP contribution >= 0.6 is 11.3 Å². The Bertz CT molecular complexity index is 1080. The highest BCUT2D eigenvalue weighted by Crippen LogP contribution is 2.26. The third-order valence-electron chi connectivity index (χ3n) is 4.78. The quantitative estimate of drug-likeness (QED) is 0.543. The van der Waals surface area contributed by atoms with E-state index in [0.29, 0.717) is 25.3 Å². The molecule has 1 aromatic carbocycles. The molecule has 0 aliphatic heterocycles. The fourth-order valence-corrected chi connectivity index (χ4v) is 4.15. The minimum atomic E-state index is -0.467. The van der Waals surface area contributed by atoms with Crippen molar-refractivity contribution in [3.8, 4) is 10.6 Å². The second-order valence-electron chi connectivity index (χ2n) is 7.78. The van der Waals surface area contributed by atoms with E-state index in [2.05, 4.69) is 11.9 Å². The number of nitrogens with zero attached hydrogens (tertiary/aromatic N) is 3. The maximum Gasteiger partial charge on any atom is 0.330 e. The smallest absolute Gasteiger partial charge is 0.330 e. The Morgan fingerprint density at radius 3 is 2.63 bits per heavy atom. The lowest BCUT2D eigenvalue weighted by Crippen LogP contribution is -2.39. The summed E-state index contributed by atoms with van der Waals surface area (Å²) < 4.78 is 1.46. The van der Waals surface area contributed by atoms with Crippen LogP contribution < -0.4 is 21.9 Å². The molecule has 0 bridgehead atoms. The summed E-state index contributed by atoms with van der Waals surface area (Å²) in [6.45, 7) is 7.67. The van der Waals surface area contributed by atoms with Gasteiger partial charge < -0.3 is 10.6 Å². The maximum atomic E-state index is 12.7. The predicted octanol–water partition coefficient (Wildman–Crippen LogP) is 3.71. The second kappa shape index (κ2) is 9.75. The molecule has 160 valence electrons. The number of nitrogens with one attached hydrogen (secondary N) is 1. The van der Waals surface area contributed by atoms with Crippen molar-refractivity contribution >= 4 is 22.8 Å². The lowest BCUT2D eigenvalue weighted by Gasteiger charge is -2.25. The molecule has 0 aliphatic rings. The first-order chi connectivity index (χ1) is 14.4. The number of unbranched alkanes of at least 4 members (excludes halogenated alkanes) is 1. The average molecular weight is 428 g/mol. The SMILES string of the molecule is CCCCN(Cc1csc(-c2ccccc2)n1)c1c(N)n(CC(C)C)c(=O)[nH]c1=O. The van der Waals surface area contributed by atoms with Crippen molar-refractivity contribution < 1.29 is 0 Å². The average Bonchev–Trinajstić information content (AvgIpc) is 3.18. The number of aromatic amines is 1. The summed E-state index contributed by atoms with van der Waals surface area (Å²) in [4.78, 5) is 34.2. The van der Waals surface area contributed by atoms with E-state index in [4.69, 9.17) is 10.7 Å². The van der Waals surface area contributed by atoms with Gasteiger partial charge in [-0.15, -0.1) is 11.3 Å². The summed E-state index contributed by atoms with van der Waals surface area (Å²) in [5.41, 5.74) is 7.70. The van der Waals surface area contributed by atoms with Gasteiger partial charge in [0.1, 0.15) is 16.5 Å². The van der Waals surface area contributed by atoms with Crippen molar-refractivity contribution in [3.63, 3.8) is 0 Å². The molecule has 8 heteroatoms.